The summed E-state index contributed by atoms with van der Waals surface area (Å²) in [6.45, 7) is 3.10. The summed E-state index contributed by atoms with van der Waals surface area (Å²) in [7, 11) is 0. The number of nitrogens with zero attached hydrogens (tertiary/aromatic N) is 1. The smallest absolute Gasteiger partial charge is 0.155 e. The number of hydrazine groups is 1. The van der Waals surface area contributed by atoms with E-state index in [2.05, 4.69) is 41.6 Å². The Hall–Kier alpha value is -1.52. The molecule has 4 heteroatoms. The summed E-state index contributed by atoms with van der Waals surface area (Å²) in [5.41, 5.74) is 5.76. The molecule has 1 aliphatic heterocycles. The van der Waals surface area contributed by atoms with E-state index in [-0.39, 0.29) is 4.75 Å². The highest BCUT2D eigenvalue weighted by Crippen LogP contribution is 2.44. The van der Waals surface area contributed by atoms with Gasteiger partial charge in [0.05, 0.1) is 17.0 Å². The fourth-order valence-electron chi connectivity index (χ4n) is 2.34. The summed E-state index contributed by atoms with van der Waals surface area (Å²) in [4.78, 5) is 0. The number of thiocarbonyl (C=S) groups is 1. The Labute approximate surface area is 129 Å². The largest absolute Gasteiger partial charge is 0.297 e. The van der Waals surface area contributed by atoms with Gasteiger partial charge >= 0.3 is 0 Å². The Morgan fingerprint density at radius 2 is 1.65 bits per heavy atom. The highest BCUT2D eigenvalue weighted by atomic mass is 32.2. The zero-order chi connectivity index (χ0) is 14.0. The lowest BCUT2D eigenvalue weighted by molar-refractivity contribution is 0.466. The number of thioether (sulfide) groups is 1. The van der Waals surface area contributed by atoms with E-state index in [1.54, 1.807) is 11.8 Å². The molecule has 0 aromatic heterocycles. The molecular formula is C16H16N2S2. The molecule has 0 aliphatic carbocycles. The van der Waals surface area contributed by atoms with Gasteiger partial charge in [-0.05, 0) is 24.6 Å². The fraction of sp³-hybridized carbons (Fsp3) is 0.188. The third-order valence-corrected chi connectivity index (χ3v) is 5.10. The first-order chi connectivity index (χ1) is 9.67. The molecule has 2 aromatic carbocycles. The van der Waals surface area contributed by atoms with Crippen LogP contribution in [0.15, 0.2) is 60.7 Å². The predicted octanol–water partition coefficient (Wildman–Crippen LogP) is 4.26. The highest BCUT2D eigenvalue weighted by Gasteiger charge is 2.39. The van der Waals surface area contributed by atoms with E-state index >= 15 is 0 Å². The maximum Gasteiger partial charge on any atom is 0.155 e. The summed E-state index contributed by atoms with van der Waals surface area (Å²) >= 11 is 7.26. The van der Waals surface area contributed by atoms with Gasteiger partial charge in [0.1, 0.15) is 0 Å². The van der Waals surface area contributed by atoms with Crippen LogP contribution in [0.1, 0.15) is 12.5 Å². The van der Waals surface area contributed by atoms with Crippen molar-refractivity contribution < 1.29 is 0 Å². The molecule has 1 atom stereocenters. The number of rotatable bonds is 3. The van der Waals surface area contributed by atoms with Gasteiger partial charge in [-0.2, -0.15) is 0 Å². The molecule has 1 N–H and O–H groups in total. The molecule has 20 heavy (non-hydrogen) atoms. The first kappa shape index (κ1) is 13.5. The summed E-state index contributed by atoms with van der Waals surface area (Å²) in [6.07, 6.45) is 0. The summed E-state index contributed by atoms with van der Waals surface area (Å²) < 4.78 is 0.889. The molecule has 2 aromatic rings. The molecule has 3 rings (SSSR count). The van der Waals surface area contributed by atoms with Crippen LogP contribution < -0.4 is 5.43 Å². The predicted molar refractivity (Wildman–Crippen MR) is 90.8 cm³/mol. The van der Waals surface area contributed by atoms with Gasteiger partial charge in [0, 0.05) is 0 Å². The Balaban J connectivity index is 1.79. The van der Waals surface area contributed by atoms with E-state index in [9.17, 15) is 0 Å². The SMILES string of the molecule is CC1(c2ccccc2)CN(Nc2ccccc2)C(=S)S1. The fourth-order valence-corrected chi connectivity index (χ4v) is 4.06. The normalized spacial score (nSPS) is 22.1. The maximum absolute atomic E-state index is 5.51. The van der Waals surface area contributed by atoms with Crippen LogP contribution in [0.2, 0.25) is 0 Å². The van der Waals surface area contributed by atoms with Crippen LogP contribution in [0.3, 0.4) is 0 Å². The molecule has 0 saturated carbocycles. The van der Waals surface area contributed by atoms with Gasteiger partial charge in [-0.15, -0.1) is 0 Å². The van der Waals surface area contributed by atoms with Crippen LogP contribution in [0, 0.1) is 0 Å². The molecule has 0 amide bonds. The van der Waals surface area contributed by atoms with E-state index in [1.165, 1.54) is 5.56 Å². The number of para-hydroxylation sites is 1. The van der Waals surface area contributed by atoms with Gasteiger partial charge in [0.25, 0.3) is 0 Å². The summed E-state index contributed by atoms with van der Waals surface area (Å²) in [6, 6.07) is 20.7. The number of benzene rings is 2. The zero-order valence-electron chi connectivity index (χ0n) is 11.2. The number of nitrogens with one attached hydrogen (secondary N) is 1. The third kappa shape index (κ3) is 2.67. The Morgan fingerprint density at radius 3 is 2.30 bits per heavy atom. The molecule has 0 radical (unpaired) electrons. The van der Waals surface area contributed by atoms with Crippen molar-refractivity contribution in [1.29, 1.82) is 0 Å². The van der Waals surface area contributed by atoms with Crippen molar-refractivity contribution in [3.8, 4) is 0 Å². The Morgan fingerprint density at radius 1 is 1.05 bits per heavy atom. The van der Waals surface area contributed by atoms with Crippen molar-refractivity contribution in [2.75, 3.05) is 12.0 Å². The second-order valence-corrected chi connectivity index (χ2v) is 7.17. The molecule has 1 unspecified atom stereocenters. The Kier molecular flexibility index (Phi) is 3.68. The van der Waals surface area contributed by atoms with Crippen molar-refractivity contribution in [3.63, 3.8) is 0 Å². The lowest BCUT2D eigenvalue weighted by atomic mass is 10.0. The summed E-state index contributed by atoms with van der Waals surface area (Å²) in [5.74, 6) is 0. The standard InChI is InChI=1S/C16H16N2S2/c1-16(13-8-4-2-5-9-13)12-18(15(19)20-16)17-14-10-6-3-7-11-14/h2-11,17H,12H2,1H3. The molecule has 1 heterocycles. The monoisotopic (exact) mass is 300 g/mol. The van der Waals surface area contributed by atoms with Crippen LogP contribution in [0.4, 0.5) is 5.69 Å². The topological polar surface area (TPSA) is 15.3 Å². The molecule has 1 aliphatic rings. The van der Waals surface area contributed by atoms with Crippen LogP contribution in [-0.2, 0) is 4.75 Å². The quantitative estimate of drug-likeness (QED) is 0.851. The molecular weight excluding hydrogens is 284 g/mol. The molecule has 1 fully saturated rings. The minimum atomic E-state index is 0.000123. The van der Waals surface area contributed by atoms with E-state index in [1.807, 2.05) is 36.4 Å². The molecule has 0 spiro atoms. The van der Waals surface area contributed by atoms with Crippen molar-refractivity contribution in [2.45, 2.75) is 11.7 Å². The van der Waals surface area contributed by atoms with Gasteiger partial charge in [0.15, 0.2) is 4.32 Å². The molecule has 0 bridgehead atoms. The first-order valence-electron chi connectivity index (χ1n) is 6.55. The lowest BCUT2D eigenvalue weighted by Gasteiger charge is -2.24. The minimum Gasteiger partial charge on any atom is -0.297 e. The Bertz CT molecular complexity index is 600. The van der Waals surface area contributed by atoms with Gasteiger partial charge in [0.2, 0.25) is 0 Å². The minimum absolute atomic E-state index is 0.000123. The first-order valence-corrected chi connectivity index (χ1v) is 7.78. The number of anilines is 1. The van der Waals surface area contributed by atoms with E-state index < -0.39 is 0 Å². The third-order valence-electron chi connectivity index (χ3n) is 3.42. The molecule has 102 valence electrons. The second-order valence-electron chi connectivity index (χ2n) is 5.03. The van der Waals surface area contributed by atoms with E-state index in [4.69, 9.17) is 12.2 Å². The average Bonchev–Trinajstić information content (AvgIpc) is 2.77. The van der Waals surface area contributed by atoms with Crippen LogP contribution in [0.25, 0.3) is 0 Å². The van der Waals surface area contributed by atoms with Crippen molar-refractivity contribution in [1.82, 2.24) is 5.01 Å². The van der Waals surface area contributed by atoms with Crippen LogP contribution in [-0.4, -0.2) is 15.9 Å². The number of hydrogen-bond acceptors (Lipinski definition) is 3. The summed E-state index contributed by atoms with van der Waals surface area (Å²) in [5, 5.41) is 2.06. The van der Waals surface area contributed by atoms with Gasteiger partial charge in [-0.1, -0.05) is 72.5 Å². The molecule has 1 saturated heterocycles. The van der Waals surface area contributed by atoms with Crippen LogP contribution in [0.5, 0.6) is 0 Å². The highest BCUT2D eigenvalue weighted by molar-refractivity contribution is 8.23. The van der Waals surface area contributed by atoms with E-state index in [0.717, 1.165) is 16.6 Å². The molecule has 2 nitrogen and oxygen atoms in total. The van der Waals surface area contributed by atoms with E-state index in [0.29, 0.717) is 0 Å². The zero-order valence-corrected chi connectivity index (χ0v) is 12.9. The second kappa shape index (κ2) is 5.46. The number of hydrogen-bond donors (Lipinski definition) is 1. The lowest BCUT2D eigenvalue weighted by Crippen LogP contribution is -2.33. The van der Waals surface area contributed by atoms with Crippen LogP contribution >= 0.6 is 24.0 Å². The van der Waals surface area contributed by atoms with Crippen molar-refractivity contribution in [2.24, 2.45) is 0 Å². The van der Waals surface area contributed by atoms with Crippen molar-refractivity contribution >= 4 is 34.0 Å². The van der Waals surface area contributed by atoms with Gasteiger partial charge in [-0.3, -0.25) is 10.4 Å². The van der Waals surface area contributed by atoms with Gasteiger partial charge < -0.3 is 0 Å². The van der Waals surface area contributed by atoms with Gasteiger partial charge in [-0.25, -0.2) is 0 Å². The van der Waals surface area contributed by atoms with Crippen molar-refractivity contribution in [3.05, 3.63) is 66.2 Å². The average molecular weight is 300 g/mol. The maximum atomic E-state index is 5.51.